The summed E-state index contributed by atoms with van der Waals surface area (Å²) in [6.45, 7) is 0. The summed E-state index contributed by atoms with van der Waals surface area (Å²) >= 11 is 0. The molecule has 0 saturated heterocycles. The molecule has 0 spiro atoms. The number of nitrogens with zero attached hydrogens (tertiary/aromatic N) is 1. The average molecular weight is 194 g/mol. The second kappa shape index (κ2) is 3.13. The van der Waals surface area contributed by atoms with Gasteiger partial charge in [0.2, 0.25) is 0 Å². The van der Waals surface area contributed by atoms with Gasteiger partial charge >= 0.3 is 0 Å². The van der Waals surface area contributed by atoms with E-state index >= 15 is 0 Å². The molecule has 0 aliphatic carbocycles. The summed E-state index contributed by atoms with van der Waals surface area (Å²) in [5.41, 5.74) is 5.26. The van der Waals surface area contributed by atoms with Crippen LogP contribution in [0.5, 0.6) is 0 Å². The molecule has 1 aliphatic heterocycles. The minimum absolute atomic E-state index is 0.997. The molecule has 3 rings (SSSR count). The molecule has 2 aromatic rings. The van der Waals surface area contributed by atoms with E-state index in [1.165, 1.54) is 22.5 Å². The molecular formula is C14H12N. The van der Waals surface area contributed by atoms with Crippen LogP contribution in [0.2, 0.25) is 0 Å². The minimum Gasteiger partial charge on any atom is -0.344 e. The number of para-hydroxylation sites is 1. The standard InChI is InChI=1S/C14H12N/c1-15-13-8-4-2-6-11(13)10-12-7-3-5-9-14(12)15/h2-6,8-9H,10H2,1H3. The normalized spacial score (nSPS) is 13.3. The van der Waals surface area contributed by atoms with Crippen LogP contribution < -0.4 is 4.90 Å². The van der Waals surface area contributed by atoms with E-state index in [1.54, 1.807) is 0 Å². The van der Waals surface area contributed by atoms with Crippen LogP contribution in [-0.2, 0) is 6.42 Å². The van der Waals surface area contributed by atoms with Gasteiger partial charge in [0, 0.05) is 24.8 Å². The van der Waals surface area contributed by atoms with Gasteiger partial charge in [0.05, 0.1) is 0 Å². The molecular weight excluding hydrogens is 182 g/mol. The Morgan fingerprint density at radius 1 is 1.07 bits per heavy atom. The predicted molar refractivity (Wildman–Crippen MR) is 62.6 cm³/mol. The summed E-state index contributed by atoms with van der Waals surface area (Å²) in [6, 6.07) is 18.1. The number of hydrogen-bond donors (Lipinski definition) is 0. The SMILES string of the molecule is CN1c2ccc[c]c2Cc2ccccc21. The molecule has 15 heavy (non-hydrogen) atoms. The van der Waals surface area contributed by atoms with Crippen LogP contribution in [0.3, 0.4) is 0 Å². The topological polar surface area (TPSA) is 3.24 Å². The third-order valence-electron chi connectivity index (χ3n) is 3.00. The van der Waals surface area contributed by atoms with E-state index in [0.717, 1.165) is 6.42 Å². The van der Waals surface area contributed by atoms with Gasteiger partial charge in [0.1, 0.15) is 0 Å². The summed E-state index contributed by atoms with van der Waals surface area (Å²) in [7, 11) is 2.12. The summed E-state index contributed by atoms with van der Waals surface area (Å²) in [6.07, 6.45) is 0.997. The molecule has 0 unspecified atom stereocenters. The Balaban J connectivity index is 2.20. The molecule has 1 aliphatic rings. The van der Waals surface area contributed by atoms with E-state index in [-0.39, 0.29) is 0 Å². The van der Waals surface area contributed by atoms with Crippen molar-refractivity contribution in [3.8, 4) is 0 Å². The number of rotatable bonds is 0. The van der Waals surface area contributed by atoms with E-state index in [9.17, 15) is 0 Å². The molecule has 0 saturated carbocycles. The van der Waals surface area contributed by atoms with Crippen LogP contribution in [0, 0.1) is 6.07 Å². The Hall–Kier alpha value is -1.76. The molecule has 1 nitrogen and oxygen atoms in total. The highest BCUT2D eigenvalue weighted by molar-refractivity contribution is 5.73. The van der Waals surface area contributed by atoms with Gasteiger partial charge in [-0.1, -0.05) is 30.3 Å². The zero-order valence-electron chi connectivity index (χ0n) is 8.70. The van der Waals surface area contributed by atoms with Crippen molar-refractivity contribution in [2.75, 3.05) is 11.9 Å². The van der Waals surface area contributed by atoms with Gasteiger partial charge in [-0.2, -0.15) is 0 Å². The van der Waals surface area contributed by atoms with E-state index in [4.69, 9.17) is 0 Å². The first-order valence-corrected chi connectivity index (χ1v) is 5.17. The summed E-state index contributed by atoms with van der Waals surface area (Å²) < 4.78 is 0. The largest absolute Gasteiger partial charge is 0.344 e. The molecule has 0 aromatic heterocycles. The van der Waals surface area contributed by atoms with Gasteiger partial charge in [-0.25, -0.2) is 0 Å². The van der Waals surface area contributed by atoms with Crippen molar-refractivity contribution in [3.63, 3.8) is 0 Å². The van der Waals surface area contributed by atoms with Crippen LogP contribution in [0.25, 0.3) is 0 Å². The monoisotopic (exact) mass is 194 g/mol. The first-order chi connectivity index (χ1) is 7.36. The van der Waals surface area contributed by atoms with E-state index in [2.05, 4.69) is 48.3 Å². The molecule has 0 amide bonds. The highest BCUT2D eigenvalue weighted by Gasteiger charge is 2.18. The Bertz CT molecular complexity index is 457. The molecule has 0 atom stereocenters. The molecule has 73 valence electrons. The lowest BCUT2D eigenvalue weighted by molar-refractivity contribution is 1.05. The van der Waals surface area contributed by atoms with Crippen LogP contribution in [0.4, 0.5) is 11.4 Å². The van der Waals surface area contributed by atoms with Gasteiger partial charge < -0.3 is 4.90 Å². The third kappa shape index (κ3) is 1.23. The molecule has 0 bridgehead atoms. The Morgan fingerprint density at radius 3 is 2.80 bits per heavy atom. The van der Waals surface area contributed by atoms with Gasteiger partial charge in [-0.3, -0.25) is 0 Å². The Kier molecular flexibility index (Phi) is 1.78. The maximum atomic E-state index is 3.32. The molecule has 0 fully saturated rings. The van der Waals surface area contributed by atoms with Gasteiger partial charge in [-0.15, -0.1) is 0 Å². The van der Waals surface area contributed by atoms with Crippen molar-refractivity contribution in [3.05, 3.63) is 59.7 Å². The van der Waals surface area contributed by atoms with Crippen molar-refractivity contribution < 1.29 is 0 Å². The first kappa shape index (κ1) is 8.54. The van der Waals surface area contributed by atoms with Crippen molar-refractivity contribution in [1.82, 2.24) is 0 Å². The highest BCUT2D eigenvalue weighted by Crippen LogP contribution is 2.36. The maximum Gasteiger partial charge on any atom is 0.0450 e. The van der Waals surface area contributed by atoms with Crippen LogP contribution >= 0.6 is 0 Å². The number of anilines is 2. The van der Waals surface area contributed by atoms with E-state index in [1.807, 2.05) is 12.1 Å². The molecule has 2 aromatic carbocycles. The summed E-state index contributed by atoms with van der Waals surface area (Å²) in [5, 5.41) is 0. The van der Waals surface area contributed by atoms with Gasteiger partial charge in [0.25, 0.3) is 0 Å². The zero-order valence-corrected chi connectivity index (χ0v) is 8.70. The predicted octanol–water partition coefficient (Wildman–Crippen LogP) is 3.16. The zero-order chi connectivity index (χ0) is 10.3. The second-order valence-corrected chi connectivity index (χ2v) is 3.90. The van der Waals surface area contributed by atoms with Gasteiger partial charge in [-0.05, 0) is 29.3 Å². The Morgan fingerprint density at radius 2 is 1.87 bits per heavy atom. The van der Waals surface area contributed by atoms with Crippen LogP contribution in [0.1, 0.15) is 11.1 Å². The lowest BCUT2D eigenvalue weighted by Crippen LogP contribution is -2.18. The summed E-state index contributed by atoms with van der Waals surface area (Å²) in [4.78, 5) is 2.24. The molecule has 1 heteroatoms. The molecule has 1 heterocycles. The highest BCUT2D eigenvalue weighted by atomic mass is 15.1. The second-order valence-electron chi connectivity index (χ2n) is 3.90. The van der Waals surface area contributed by atoms with E-state index < -0.39 is 0 Å². The maximum absolute atomic E-state index is 3.32. The quantitative estimate of drug-likeness (QED) is 0.622. The van der Waals surface area contributed by atoms with Gasteiger partial charge in [0.15, 0.2) is 0 Å². The van der Waals surface area contributed by atoms with Crippen molar-refractivity contribution >= 4 is 11.4 Å². The average Bonchev–Trinajstić information content (AvgIpc) is 2.30. The lowest BCUT2D eigenvalue weighted by atomic mass is 9.96. The minimum atomic E-state index is 0.997. The number of hydrogen-bond acceptors (Lipinski definition) is 1. The molecule has 0 N–H and O–H groups in total. The fourth-order valence-electron chi connectivity index (χ4n) is 2.23. The van der Waals surface area contributed by atoms with Crippen molar-refractivity contribution in [2.45, 2.75) is 6.42 Å². The fraction of sp³-hybridized carbons (Fsp3) is 0.143. The lowest BCUT2D eigenvalue weighted by Gasteiger charge is -2.29. The van der Waals surface area contributed by atoms with E-state index in [0.29, 0.717) is 0 Å². The first-order valence-electron chi connectivity index (χ1n) is 5.17. The smallest absolute Gasteiger partial charge is 0.0450 e. The molecule has 1 radical (unpaired) electrons. The van der Waals surface area contributed by atoms with Crippen LogP contribution in [-0.4, -0.2) is 7.05 Å². The third-order valence-corrected chi connectivity index (χ3v) is 3.00. The van der Waals surface area contributed by atoms with Crippen LogP contribution in [0.15, 0.2) is 42.5 Å². The number of benzene rings is 2. The number of fused-ring (bicyclic) bond motifs is 2. The fourth-order valence-corrected chi connectivity index (χ4v) is 2.23. The van der Waals surface area contributed by atoms with Crippen molar-refractivity contribution in [1.29, 1.82) is 0 Å². The van der Waals surface area contributed by atoms with Crippen molar-refractivity contribution in [2.24, 2.45) is 0 Å². The Labute approximate surface area is 90.0 Å². The summed E-state index contributed by atoms with van der Waals surface area (Å²) in [5.74, 6) is 0.